The Hall–Kier alpha value is -0.120. The number of nitrogens with zero attached hydrogens (tertiary/aromatic N) is 1. The Balaban J connectivity index is 1.88. The fourth-order valence-electron chi connectivity index (χ4n) is 2.89. The van der Waals surface area contributed by atoms with Crippen LogP contribution in [-0.4, -0.2) is 49.3 Å². The van der Waals surface area contributed by atoms with Crippen molar-refractivity contribution in [3.8, 4) is 0 Å². The quantitative estimate of drug-likeness (QED) is 0.772. The van der Waals surface area contributed by atoms with Crippen LogP contribution in [0.15, 0.2) is 0 Å². The maximum Gasteiger partial charge on any atom is 0.0561 e. The predicted molar refractivity (Wildman–Crippen MR) is 66.6 cm³/mol. The summed E-state index contributed by atoms with van der Waals surface area (Å²) in [5, 5.41) is 3.63. The largest absolute Gasteiger partial charge is 0.378 e. The lowest BCUT2D eigenvalue weighted by Crippen LogP contribution is -2.57. The van der Waals surface area contributed by atoms with Crippen LogP contribution in [0.25, 0.3) is 0 Å². The molecule has 3 nitrogen and oxygen atoms in total. The van der Waals surface area contributed by atoms with Crippen LogP contribution in [0.3, 0.4) is 0 Å². The zero-order chi connectivity index (χ0) is 11.5. The van der Waals surface area contributed by atoms with Crippen LogP contribution in [0.4, 0.5) is 0 Å². The second-order valence-electron chi connectivity index (χ2n) is 5.66. The van der Waals surface area contributed by atoms with Gasteiger partial charge in [0.1, 0.15) is 0 Å². The van der Waals surface area contributed by atoms with Gasteiger partial charge < -0.3 is 10.1 Å². The standard InChI is InChI=1S/C13H26N2O/c1-10(2)13-9-15(6-5-14-13)12-4-7-16-11(3)8-12/h10-14H,4-9H2,1-3H3. The van der Waals surface area contributed by atoms with Crippen molar-refractivity contribution in [3.63, 3.8) is 0 Å². The molecular formula is C13H26N2O. The molecule has 3 unspecified atom stereocenters. The minimum atomic E-state index is 0.450. The van der Waals surface area contributed by atoms with E-state index in [1.165, 1.54) is 25.9 Å². The molecule has 2 heterocycles. The van der Waals surface area contributed by atoms with E-state index in [9.17, 15) is 0 Å². The van der Waals surface area contributed by atoms with Gasteiger partial charge >= 0.3 is 0 Å². The van der Waals surface area contributed by atoms with Gasteiger partial charge in [0.05, 0.1) is 6.10 Å². The number of rotatable bonds is 2. The lowest BCUT2D eigenvalue weighted by Gasteiger charge is -2.42. The van der Waals surface area contributed by atoms with Crippen molar-refractivity contribution in [2.45, 2.75) is 51.8 Å². The topological polar surface area (TPSA) is 24.5 Å². The Morgan fingerprint density at radius 3 is 2.88 bits per heavy atom. The molecule has 2 aliphatic heterocycles. The van der Waals surface area contributed by atoms with Gasteiger partial charge in [-0.05, 0) is 25.7 Å². The number of hydrogen-bond acceptors (Lipinski definition) is 3. The smallest absolute Gasteiger partial charge is 0.0561 e. The summed E-state index contributed by atoms with van der Waals surface area (Å²) in [4.78, 5) is 2.68. The van der Waals surface area contributed by atoms with Crippen LogP contribution >= 0.6 is 0 Å². The van der Waals surface area contributed by atoms with Crippen LogP contribution in [0.1, 0.15) is 33.6 Å². The Bertz CT molecular complexity index is 220. The number of hydrogen-bond donors (Lipinski definition) is 1. The fraction of sp³-hybridized carbons (Fsp3) is 1.00. The molecule has 2 saturated heterocycles. The molecule has 0 bridgehead atoms. The lowest BCUT2D eigenvalue weighted by atomic mass is 9.97. The van der Waals surface area contributed by atoms with Crippen LogP contribution in [0.5, 0.6) is 0 Å². The third-order valence-corrected chi connectivity index (χ3v) is 4.02. The van der Waals surface area contributed by atoms with Crippen LogP contribution in [0.2, 0.25) is 0 Å². The normalized spacial score (nSPS) is 37.9. The molecule has 0 aromatic rings. The summed E-state index contributed by atoms with van der Waals surface area (Å²) in [6, 6.07) is 1.43. The molecule has 0 aliphatic carbocycles. The van der Waals surface area contributed by atoms with E-state index >= 15 is 0 Å². The van der Waals surface area contributed by atoms with Crippen LogP contribution in [0, 0.1) is 5.92 Å². The van der Waals surface area contributed by atoms with E-state index in [0.29, 0.717) is 12.1 Å². The third kappa shape index (κ3) is 2.96. The van der Waals surface area contributed by atoms with E-state index in [-0.39, 0.29) is 0 Å². The van der Waals surface area contributed by atoms with Gasteiger partial charge in [-0.2, -0.15) is 0 Å². The lowest BCUT2D eigenvalue weighted by molar-refractivity contribution is -0.0249. The average Bonchev–Trinajstić information content (AvgIpc) is 2.29. The van der Waals surface area contributed by atoms with Gasteiger partial charge in [-0.3, -0.25) is 4.90 Å². The molecule has 3 atom stereocenters. The van der Waals surface area contributed by atoms with Gasteiger partial charge in [0, 0.05) is 38.3 Å². The molecule has 2 aliphatic rings. The van der Waals surface area contributed by atoms with E-state index < -0.39 is 0 Å². The van der Waals surface area contributed by atoms with E-state index in [2.05, 4.69) is 31.0 Å². The molecule has 2 rings (SSSR count). The maximum atomic E-state index is 5.63. The van der Waals surface area contributed by atoms with Crippen molar-refractivity contribution in [1.82, 2.24) is 10.2 Å². The molecule has 3 heteroatoms. The van der Waals surface area contributed by atoms with E-state index in [1.54, 1.807) is 0 Å². The molecule has 0 radical (unpaired) electrons. The Morgan fingerprint density at radius 1 is 1.38 bits per heavy atom. The molecule has 16 heavy (non-hydrogen) atoms. The van der Waals surface area contributed by atoms with Crippen LogP contribution < -0.4 is 5.32 Å². The van der Waals surface area contributed by atoms with E-state index in [4.69, 9.17) is 4.74 Å². The molecule has 0 aromatic carbocycles. The average molecular weight is 226 g/mol. The maximum absolute atomic E-state index is 5.63. The fourth-order valence-corrected chi connectivity index (χ4v) is 2.89. The highest BCUT2D eigenvalue weighted by Crippen LogP contribution is 2.21. The Kier molecular flexibility index (Phi) is 4.22. The highest BCUT2D eigenvalue weighted by molar-refractivity contribution is 4.86. The summed E-state index contributed by atoms with van der Waals surface area (Å²) in [6.45, 7) is 11.3. The van der Waals surface area contributed by atoms with E-state index in [1.807, 2.05) is 0 Å². The first-order valence-electron chi connectivity index (χ1n) is 6.76. The zero-order valence-corrected chi connectivity index (χ0v) is 10.9. The van der Waals surface area contributed by atoms with Crippen molar-refractivity contribution >= 4 is 0 Å². The van der Waals surface area contributed by atoms with Gasteiger partial charge in [-0.1, -0.05) is 13.8 Å². The zero-order valence-electron chi connectivity index (χ0n) is 10.9. The third-order valence-electron chi connectivity index (χ3n) is 4.02. The van der Waals surface area contributed by atoms with Gasteiger partial charge in [0.2, 0.25) is 0 Å². The second kappa shape index (κ2) is 5.48. The first-order chi connectivity index (χ1) is 7.66. The molecule has 0 amide bonds. The van der Waals surface area contributed by atoms with E-state index in [0.717, 1.165) is 25.1 Å². The summed E-state index contributed by atoms with van der Waals surface area (Å²) in [7, 11) is 0. The highest BCUT2D eigenvalue weighted by atomic mass is 16.5. The molecule has 2 fully saturated rings. The molecular weight excluding hydrogens is 200 g/mol. The Labute approximate surface area is 99.5 Å². The van der Waals surface area contributed by atoms with Gasteiger partial charge in [0.15, 0.2) is 0 Å². The first-order valence-corrected chi connectivity index (χ1v) is 6.76. The van der Waals surface area contributed by atoms with Crippen molar-refractivity contribution in [1.29, 1.82) is 0 Å². The van der Waals surface area contributed by atoms with Crippen molar-refractivity contribution in [3.05, 3.63) is 0 Å². The molecule has 94 valence electrons. The SMILES string of the molecule is CC1CC(N2CCNC(C(C)C)C2)CCO1. The van der Waals surface area contributed by atoms with Crippen LogP contribution in [-0.2, 0) is 4.74 Å². The number of nitrogens with one attached hydrogen (secondary N) is 1. The first kappa shape index (κ1) is 12.3. The summed E-state index contributed by atoms with van der Waals surface area (Å²) in [5.74, 6) is 0.736. The summed E-state index contributed by atoms with van der Waals surface area (Å²) in [5.41, 5.74) is 0. The molecule has 0 aromatic heterocycles. The summed E-state index contributed by atoms with van der Waals surface area (Å²) in [6.07, 6.45) is 2.88. The van der Waals surface area contributed by atoms with Crippen molar-refractivity contribution < 1.29 is 4.74 Å². The van der Waals surface area contributed by atoms with Gasteiger partial charge in [-0.15, -0.1) is 0 Å². The molecule has 0 spiro atoms. The molecule has 0 saturated carbocycles. The summed E-state index contributed by atoms with van der Waals surface area (Å²) < 4.78 is 5.63. The Morgan fingerprint density at radius 2 is 2.19 bits per heavy atom. The number of ether oxygens (including phenoxy) is 1. The summed E-state index contributed by atoms with van der Waals surface area (Å²) >= 11 is 0. The minimum Gasteiger partial charge on any atom is -0.378 e. The highest BCUT2D eigenvalue weighted by Gasteiger charge is 2.29. The van der Waals surface area contributed by atoms with Gasteiger partial charge in [0.25, 0.3) is 0 Å². The van der Waals surface area contributed by atoms with Crippen molar-refractivity contribution in [2.75, 3.05) is 26.2 Å². The molecule has 1 N–H and O–H groups in total. The predicted octanol–water partition coefficient (Wildman–Crippen LogP) is 1.48. The van der Waals surface area contributed by atoms with Gasteiger partial charge in [-0.25, -0.2) is 0 Å². The monoisotopic (exact) mass is 226 g/mol. The second-order valence-corrected chi connectivity index (χ2v) is 5.66. The minimum absolute atomic E-state index is 0.450. The van der Waals surface area contributed by atoms with Crippen molar-refractivity contribution in [2.24, 2.45) is 5.92 Å². The number of piperazine rings is 1.